The molecule has 0 bridgehead atoms. The number of carbonyl (C=O) groups excluding carboxylic acids is 2. The van der Waals surface area contributed by atoms with Crippen LogP contribution >= 0.6 is 11.6 Å². The van der Waals surface area contributed by atoms with Crippen molar-refractivity contribution >= 4 is 40.5 Å². The zero-order chi connectivity index (χ0) is 20.0. The molecule has 0 atom stereocenters. The van der Waals surface area contributed by atoms with Crippen LogP contribution in [0.5, 0.6) is 5.75 Å². The molecule has 0 heterocycles. The molecule has 0 aromatic heterocycles. The lowest BCUT2D eigenvalue weighted by Crippen LogP contribution is -2.21. The van der Waals surface area contributed by atoms with E-state index in [0.29, 0.717) is 0 Å². The number of hydrazone groups is 1. The molecule has 10 heteroatoms. The molecule has 9 nitrogen and oxygen atoms in total. The molecule has 0 aliphatic rings. The molecule has 0 fully saturated rings. The van der Waals surface area contributed by atoms with Gasteiger partial charge in [-0.15, -0.1) is 0 Å². The monoisotopic (exact) mass is 390 g/mol. The van der Waals surface area contributed by atoms with Gasteiger partial charge in [-0.05, 0) is 31.2 Å². The van der Waals surface area contributed by atoms with Gasteiger partial charge in [0.1, 0.15) is 5.75 Å². The van der Waals surface area contributed by atoms with Gasteiger partial charge in [0.15, 0.2) is 0 Å². The Morgan fingerprint density at radius 3 is 2.70 bits per heavy atom. The number of halogens is 1. The molecule has 27 heavy (non-hydrogen) atoms. The number of nitro groups is 1. The summed E-state index contributed by atoms with van der Waals surface area (Å²) in [5.41, 5.74) is 2.58. The van der Waals surface area contributed by atoms with E-state index in [1.54, 1.807) is 0 Å². The topological polar surface area (TPSA) is 134 Å². The number of phenolic OH excluding ortho intramolecular Hbond substituents is 1. The Hall–Kier alpha value is -3.46. The number of benzene rings is 2. The number of amides is 2. The summed E-state index contributed by atoms with van der Waals surface area (Å²) in [6, 6.07) is 9.50. The van der Waals surface area contributed by atoms with Gasteiger partial charge in [-0.2, -0.15) is 5.10 Å². The van der Waals surface area contributed by atoms with Crippen LogP contribution in [-0.4, -0.2) is 27.6 Å². The van der Waals surface area contributed by atoms with E-state index in [1.165, 1.54) is 49.4 Å². The summed E-state index contributed by atoms with van der Waals surface area (Å²) in [7, 11) is 0. The first kappa shape index (κ1) is 19.9. The summed E-state index contributed by atoms with van der Waals surface area (Å²) in [5.74, 6) is -1.40. The molecule has 2 aromatic rings. The third kappa shape index (κ3) is 5.79. The lowest BCUT2D eigenvalue weighted by Gasteiger charge is -2.06. The lowest BCUT2D eigenvalue weighted by atomic mass is 10.2. The van der Waals surface area contributed by atoms with E-state index in [4.69, 9.17) is 11.6 Å². The van der Waals surface area contributed by atoms with Crippen LogP contribution in [-0.2, 0) is 4.79 Å². The van der Waals surface area contributed by atoms with Crippen molar-refractivity contribution in [3.05, 3.63) is 63.2 Å². The Morgan fingerprint density at radius 2 is 2.00 bits per heavy atom. The molecule has 0 radical (unpaired) electrons. The summed E-state index contributed by atoms with van der Waals surface area (Å²) < 4.78 is 0. The van der Waals surface area contributed by atoms with Crippen molar-refractivity contribution < 1.29 is 19.6 Å². The van der Waals surface area contributed by atoms with E-state index in [2.05, 4.69) is 15.8 Å². The molecular weight excluding hydrogens is 376 g/mol. The Bertz CT molecular complexity index is 929. The minimum absolute atomic E-state index is 0.0555. The molecule has 140 valence electrons. The zero-order valence-electron chi connectivity index (χ0n) is 14.1. The smallest absolute Gasteiger partial charge is 0.275 e. The van der Waals surface area contributed by atoms with Crippen molar-refractivity contribution in [2.75, 3.05) is 5.32 Å². The Balaban J connectivity index is 1.95. The second-order valence-corrected chi connectivity index (χ2v) is 5.92. The molecule has 2 rings (SSSR count). The highest BCUT2D eigenvalue weighted by molar-refractivity contribution is 6.31. The standard InChI is InChI=1S/C17H15ClN4O5/c1-10(20-21-17(25)14-8-11(18)5-6-15(14)23)7-16(24)19-12-3-2-4-13(9-12)22(26)27/h2-6,8-9,23H,7H2,1H3,(H,19,24)(H,21,25)/b20-10-. The number of anilines is 1. The van der Waals surface area contributed by atoms with Gasteiger partial charge >= 0.3 is 0 Å². The number of hydrogen-bond donors (Lipinski definition) is 3. The predicted molar refractivity (Wildman–Crippen MR) is 100 cm³/mol. The lowest BCUT2D eigenvalue weighted by molar-refractivity contribution is -0.384. The third-order valence-electron chi connectivity index (χ3n) is 3.31. The predicted octanol–water partition coefficient (Wildman–Crippen LogP) is 3.09. The first-order valence-corrected chi connectivity index (χ1v) is 8.00. The van der Waals surface area contributed by atoms with Gasteiger partial charge in [0.25, 0.3) is 11.6 Å². The summed E-state index contributed by atoms with van der Waals surface area (Å²) in [5, 5.41) is 27.0. The second-order valence-electron chi connectivity index (χ2n) is 5.48. The normalized spacial score (nSPS) is 11.0. The average Bonchev–Trinajstić information content (AvgIpc) is 2.61. The SMILES string of the molecule is C/C(CC(=O)Nc1cccc([N+](=O)[O-])c1)=N/NC(=O)c1cc(Cl)ccc1O. The fourth-order valence-electron chi connectivity index (χ4n) is 2.07. The number of non-ortho nitro benzene ring substituents is 1. The summed E-state index contributed by atoms with van der Waals surface area (Å²) >= 11 is 5.78. The number of nitro benzene ring substituents is 1. The number of aromatic hydroxyl groups is 1. The van der Waals surface area contributed by atoms with Gasteiger partial charge in [-0.3, -0.25) is 19.7 Å². The Kier molecular flexibility index (Phi) is 6.45. The van der Waals surface area contributed by atoms with Gasteiger partial charge in [-0.25, -0.2) is 5.43 Å². The number of hydrogen-bond acceptors (Lipinski definition) is 6. The minimum Gasteiger partial charge on any atom is -0.507 e. The van der Waals surface area contributed by atoms with Crippen LogP contribution in [0.1, 0.15) is 23.7 Å². The number of carbonyl (C=O) groups is 2. The Labute approximate surface area is 158 Å². The molecule has 0 saturated carbocycles. The fraction of sp³-hybridized carbons (Fsp3) is 0.118. The van der Waals surface area contributed by atoms with Crippen molar-refractivity contribution in [3.63, 3.8) is 0 Å². The fourth-order valence-corrected chi connectivity index (χ4v) is 2.24. The van der Waals surface area contributed by atoms with Crippen molar-refractivity contribution in [3.8, 4) is 5.75 Å². The maximum Gasteiger partial charge on any atom is 0.275 e. The number of nitrogens with one attached hydrogen (secondary N) is 2. The van der Waals surface area contributed by atoms with Crippen LogP contribution in [0.25, 0.3) is 0 Å². The molecule has 2 amide bonds. The summed E-state index contributed by atoms with van der Waals surface area (Å²) in [6.45, 7) is 1.52. The van der Waals surface area contributed by atoms with Crippen molar-refractivity contribution in [1.29, 1.82) is 0 Å². The first-order chi connectivity index (χ1) is 12.8. The highest BCUT2D eigenvalue weighted by Gasteiger charge is 2.12. The van der Waals surface area contributed by atoms with Crippen LogP contribution in [0.3, 0.4) is 0 Å². The average molecular weight is 391 g/mol. The maximum absolute atomic E-state index is 12.0. The number of phenols is 1. The molecule has 0 spiro atoms. The van der Waals surface area contributed by atoms with E-state index in [1.807, 2.05) is 0 Å². The highest BCUT2D eigenvalue weighted by Crippen LogP contribution is 2.21. The van der Waals surface area contributed by atoms with Gasteiger partial charge in [-0.1, -0.05) is 17.7 Å². The second kappa shape index (κ2) is 8.77. The summed E-state index contributed by atoms with van der Waals surface area (Å²) in [4.78, 5) is 34.2. The van der Waals surface area contributed by atoms with E-state index in [9.17, 15) is 24.8 Å². The van der Waals surface area contributed by atoms with Crippen molar-refractivity contribution in [1.82, 2.24) is 5.43 Å². The molecular formula is C17H15ClN4O5. The van der Waals surface area contributed by atoms with E-state index < -0.39 is 16.7 Å². The first-order valence-electron chi connectivity index (χ1n) is 7.62. The number of nitrogens with zero attached hydrogens (tertiary/aromatic N) is 2. The largest absolute Gasteiger partial charge is 0.507 e. The highest BCUT2D eigenvalue weighted by atomic mass is 35.5. The molecule has 0 aliphatic carbocycles. The maximum atomic E-state index is 12.0. The number of rotatable bonds is 6. The van der Waals surface area contributed by atoms with E-state index in [-0.39, 0.29) is 39.8 Å². The van der Waals surface area contributed by atoms with E-state index in [0.717, 1.165) is 0 Å². The van der Waals surface area contributed by atoms with Crippen LogP contribution in [0.2, 0.25) is 5.02 Å². The van der Waals surface area contributed by atoms with Crippen LogP contribution in [0.15, 0.2) is 47.6 Å². The van der Waals surface area contributed by atoms with E-state index >= 15 is 0 Å². The van der Waals surface area contributed by atoms with Crippen molar-refractivity contribution in [2.45, 2.75) is 13.3 Å². The molecule has 3 N–H and O–H groups in total. The van der Waals surface area contributed by atoms with Gasteiger partial charge in [0.05, 0.1) is 16.9 Å². The summed E-state index contributed by atoms with van der Waals surface area (Å²) in [6.07, 6.45) is -0.148. The van der Waals surface area contributed by atoms with Gasteiger partial charge in [0, 0.05) is 28.6 Å². The Morgan fingerprint density at radius 1 is 1.26 bits per heavy atom. The molecule has 0 unspecified atom stereocenters. The zero-order valence-corrected chi connectivity index (χ0v) is 14.9. The van der Waals surface area contributed by atoms with Crippen LogP contribution in [0.4, 0.5) is 11.4 Å². The van der Waals surface area contributed by atoms with Gasteiger partial charge < -0.3 is 10.4 Å². The minimum atomic E-state index is -0.687. The molecule has 2 aromatic carbocycles. The molecule has 0 aliphatic heterocycles. The van der Waals surface area contributed by atoms with Gasteiger partial charge in [0.2, 0.25) is 5.91 Å². The van der Waals surface area contributed by atoms with Crippen LogP contribution in [0, 0.1) is 10.1 Å². The van der Waals surface area contributed by atoms with Crippen molar-refractivity contribution in [2.24, 2.45) is 5.10 Å². The molecule has 0 saturated heterocycles. The third-order valence-corrected chi connectivity index (χ3v) is 3.54. The van der Waals surface area contributed by atoms with Crippen LogP contribution < -0.4 is 10.7 Å². The quantitative estimate of drug-likeness (QED) is 0.396.